The predicted octanol–water partition coefficient (Wildman–Crippen LogP) is 4.24. The van der Waals surface area contributed by atoms with E-state index >= 15 is 0 Å². The van der Waals surface area contributed by atoms with Gasteiger partial charge in [-0.05, 0) is 46.6 Å². The van der Waals surface area contributed by atoms with E-state index in [-0.39, 0.29) is 6.29 Å². The molecule has 2 nitrogen and oxygen atoms in total. The fourth-order valence-electron chi connectivity index (χ4n) is 1.12. The van der Waals surface area contributed by atoms with Crippen LogP contribution < -0.4 is 0 Å². The van der Waals surface area contributed by atoms with Gasteiger partial charge in [0, 0.05) is 0 Å². The molecule has 0 saturated heterocycles. The number of rotatable bonds is 9. The predicted molar refractivity (Wildman–Crippen MR) is 74.0 cm³/mol. The summed E-state index contributed by atoms with van der Waals surface area (Å²) in [5, 5.41) is 0. The highest BCUT2D eigenvalue weighted by Crippen LogP contribution is 2.07. The third-order valence-corrected chi connectivity index (χ3v) is 2.09. The van der Waals surface area contributed by atoms with Crippen molar-refractivity contribution in [3.05, 3.63) is 36.0 Å². The van der Waals surface area contributed by atoms with Crippen molar-refractivity contribution >= 4 is 0 Å². The Bertz CT molecular complexity index is 253. The molecule has 0 aliphatic rings. The summed E-state index contributed by atoms with van der Waals surface area (Å²) in [7, 11) is 0. The Balaban J connectivity index is 4.01. The van der Waals surface area contributed by atoms with Crippen molar-refractivity contribution in [2.24, 2.45) is 0 Å². The second kappa shape index (κ2) is 9.20. The average molecular weight is 238 g/mol. The van der Waals surface area contributed by atoms with Gasteiger partial charge in [0.2, 0.25) is 0 Å². The van der Waals surface area contributed by atoms with E-state index < -0.39 is 0 Å². The Hall–Kier alpha value is -0.860. The minimum atomic E-state index is -0.251. The number of hydrogen-bond acceptors (Lipinski definition) is 2. The van der Waals surface area contributed by atoms with Crippen LogP contribution in [0.25, 0.3) is 0 Å². The summed E-state index contributed by atoms with van der Waals surface area (Å²) in [5.41, 5.74) is 3.45. The Kier molecular flexibility index (Phi) is 8.73. The maximum atomic E-state index is 5.66. The summed E-state index contributed by atoms with van der Waals surface area (Å²) in [6.07, 6.45) is 3.49. The average Bonchev–Trinajstić information content (AvgIpc) is 2.15. The monoisotopic (exact) mass is 238 g/mol. The van der Waals surface area contributed by atoms with Gasteiger partial charge in [0.25, 0.3) is 0 Å². The highest BCUT2D eigenvalue weighted by atomic mass is 16.7. The minimum absolute atomic E-state index is 0.251. The summed E-state index contributed by atoms with van der Waals surface area (Å²) in [6, 6.07) is 0. The Morgan fingerprint density at radius 1 is 0.941 bits per heavy atom. The molecule has 0 aliphatic carbocycles. The molecule has 0 bridgehead atoms. The van der Waals surface area contributed by atoms with Crippen LogP contribution in [0.3, 0.4) is 0 Å². The molecule has 0 spiro atoms. The van der Waals surface area contributed by atoms with Crippen LogP contribution in [0.4, 0.5) is 0 Å². The highest BCUT2D eigenvalue weighted by molar-refractivity contribution is 4.96. The van der Waals surface area contributed by atoms with Gasteiger partial charge in [0.15, 0.2) is 6.29 Å². The van der Waals surface area contributed by atoms with Crippen molar-refractivity contribution in [1.29, 1.82) is 0 Å². The van der Waals surface area contributed by atoms with Crippen LogP contribution in [0.1, 0.15) is 40.5 Å². The van der Waals surface area contributed by atoms with Gasteiger partial charge in [-0.25, -0.2) is 0 Å². The molecule has 2 heteroatoms. The second-order valence-corrected chi connectivity index (χ2v) is 4.77. The first-order valence-electron chi connectivity index (χ1n) is 6.08. The first-order valence-corrected chi connectivity index (χ1v) is 6.08. The molecule has 0 radical (unpaired) electrons. The number of hydrogen-bond donors (Lipinski definition) is 0. The minimum Gasteiger partial charge on any atom is -0.349 e. The molecular formula is C15H26O2. The lowest BCUT2D eigenvalue weighted by Gasteiger charge is -2.16. The van der Waals surface area contributed by atoms with E-state index in [0.717, 1.165) is 24.0 Å². The van der Waals surface area contributed by atoms with E-state index in [1.54, 1.807) is 0 Å². The zero-order valence-corrected chi connectivity index (χ0v) is 11.7. The molecule has 0 N–H and O–H groups in total. The van der Waals surface area contributed by atoms with Gasteiger partial charge < -0.3 is 9.47 Å². The zero-order valence-electron chi connectivity index (χ0n) is 11.7. The Morgan fingerprint density at radius 2 is 1.35 bits per heavy atom. The van der Waals surface area contributed by atoms with Crippen molar-refractivity contribution in [3.8, 4) is 0 Å². The normalized spacial score (nSPS) is 10.4. The molecule has 0 aromatic carbocycles. The molecule has 0 amide bonds. The maximum Gasteiger partial charge on any atom is 0.177 e. The topological polar surface area (TPSA) is 18.5 Å². The molecule has 0 saturated carbocycles. The second-order valence-electron chi connectivity index (χ2n) is 4.77. The number of ether oxygens (including phenoxy) is 2. The molecule has 0 aromatic heterocycles. The smallest absolute Gasteiger partial charge is 0.177 e. The van der Waals surface area contributed by atoms with E-state index in [4.69, 9.17) is 9.47 Å². The van der Waals surface area contributed by atoms with Gasteiger partial charge in [-0.3, -0.25) is 0 Å². The van der Waals surface area contributed by atoms with Gasteiger partial charge in [-0.2, -0.15) is 0 Å². The van der Waals surface area contributed by atoms with Gasteiger partial charge >= 0.3 is 0 Å². The summed E-state index contributed by atoms with van der Waals surface area (Å²) in [4.78, 5) is 0. The lowest BCUT2D eigenvalue weighted by Crippen LogP contribution is -2.17. The Morgan fingerprint density at radius 3 is 1.65 bits per heavy atom. The van der Waals surface area contributed by atoms with Crippen molar-refractivity contribution < 1.29 is 9.47 Å². The maximum absolute atomic E-state index is 5.66. The third-order valence-electron chi connectivity index (χ3n) is 2.09. The van der Waals surface area contributed by atoms with E-state index in [9.17, 15) is 0 Å². The summed E-state index contributed by atoms with van der Waals surface area (Å²) in [6.45, 7) is 17.1. The molecule has 0 rings (SSSR count). The van der Waals surface area contributed by atoms with E-state index in [0.29, 0.717) is 13.2 Å². The SMILES string of the molecule is C=C(C)CCOC(C=C(C)C)OCCC(=C)C. The van der Waals surface area contributed by atoms with Crippen molar-refractivity contribution in [3.63, 3.8) is 0 Å². The van der Waals surface area contributed by atoms with Crippen molar-refractivity contribution in [2.75, 3.05) is 13.2 Å². The summed E-state index contributed by atoms with van der Waals surface area (Å²) >= 11 is 0. The molecule has 0 atom stereocenters. The van der Waals surface area contributed by atoms with Crippen LogP contribution in [-0.2, 0) is 9.47 Å². The van der Waals surface area contributed by atoms with Gasteiger partial charge in [-0.1, -0.05) is 16.7 Å². The summed E-state index contributed by atoms with van der Waals surface area (Å²) in [5.74, 6) is 0. The van der Waals surface area contributed by atoms with Gasteiger partial charge in [0.05, 0.1) is 13.2 Å². The van der Waals surface area contributed by atoms with E-state index in [2.05, 4.69) is 13.2 Å². The third kappa shape index (κ3) is 11.4. The fourth-order valence-corrected chi connectivity index (χ4v) is 1.12. The molecule has 17 heavy (non-hydrogen) atoms. The molecule has 0 fully saturated rings. The molecule has 0 aliphatic heterocycles. The lowest BCUT2D eigenvalue weighted by molar-refractivity contribution is -0.110. The van der Waals surface area contributed by atoms with Crippen molar-refractivity contribution in [2.45, 2.75) is 46.8 Å². The van der Waals surface area contributed by atoms with Crippen LogP contribution >= 0.6 is 0 Å². The van der Waals surface area contributed by atoms with E-state index in [1.165, 1.54) is 5.57 Å². The van der Waals surface area contributed by atoms with E-state index in [1.807, 2.05) is 33.8 Å². The van der Waals surface area contributed by atoms with Gasteiger partial charge in [0.1, 0.15) is 0 Å². The Labute approximate surface area is 106 Å². The number of allylic oxidation sites excluding steroid dienone is 1. The first kappa shape index (κ1) is 16.1. The largest absolute Gasteiger partial charge is 0.349 e. The van der Waals surface area contributed by atoms with Crippen LogP contribution in [-0.4, -0.2) is 19.5 Å². The molecule has 0 unspecified atom stereocenters. The van der Waals surface area contributed by atoms with Gasteiger partial charge in [-0.15, -0.1) is 13.2 Å². The lowest BCUT2D eigenvalue weighted by atomic mass is 10.2. The molecule has 0 aromatic rings. The van der Waals surface area contributed by atoms with Crippen LogP contribution in [0.5, 0.6) is 0 Å². The van der Waals surface area contributed by atoms with Crippen LogP contribution in [0.2, 0.25) is 0 Å². The molecule has 98 valence electrons. The fraction of sp³-hybridized carbons (Fsp3) is 0.600. The summed E-state index contributed by atoms with van der Waals surface area (Å²) < 4.78 is 11.3. The van der Waals surface area contributed by atoms with Crippen LogP contribution in [0.15, 0.2) is 36.0 Å². The molecular weight excluding hydrogens is 212 g/mol. The van der Waals surface area contributed by atoms with Crippen LogP contribution in [0, 0.1) is 0 Å². The molecule has 0 heterocycles. The zero-order chi connectivity index (χ0) is 13.3. The quantitative estimate of drug-likeness (QED) is 0.442. The highest BCUT2D eigenvalue weighted by Gasteiger charge is 2.05. The van der Waals surface area contributed by atoms with Crippen molar-refractivity contribution in [1.82, 2.24) is 0 Å². The standard InChI is InChI=1S/C15H26O2/c1-12(2)7-9-16-15(11-14(5)6)17-10-8-13(3)4/h11,15H,1,3,7-10H2,2,4-6H3. The first-order chi connectivity index (χ1) is 7.91.